The van der Waals surface area contributed by atoms with Gasteiger partial charge in [0.25, 0.3) is 0 Å². The molecule has 0 aliphatic heterocycles. The van der Waals surface area contributed by atoms with Crippen LogP contribution >= 0.6 is 0 Å². The van der Waals surface area contributed by atoms with Gasteiger partial charge in [-0.1, -0.05) is 20.8 Å². The predicted molar refractivity (Wildman–Crippen MR) is 69.7 cm³/mol. The van der Waals surface area contributed by atoms with Gasteiger partial charge in [-0.3, -0.25) is 0 Å². The summed E-state index contributed by atoms with van der Waals surface area (Å²) < 4.78 is 11.6. The number of rotatable bonds is 5. The predicted octanol–water partition coefficient (Wildman–Crippen LogP) is 3.89. The summed E-state index contributed by atoms with van der Waals surface area (Å²) in [5, 5.41) is 0. The molecule has 98 valence electrons. The van der Waals surface area contributed by atoms with Crippen molar-refractivity contribution in [1.29, 1.82) is 0 Å². The van der Waals surface area contributed by atoms with Crippen molar-refractivity contribution in [1.82, 2.24) is 0 Å². The van der Waals surface area contributed by atoms with E-state index < -0.39 is 0 Å². The first-order chi connectivity index (χ1) is 7.02. The molecule has 1 unspecified atom stereocenters. The minimum Gasteiger partial charge on any atom is -0.378 e. The van der Waals surface area contributed by atoms with Gasteiger partial charge in [-0.05, 0) is 40.0 Å². The maximum absolute atomic E-state index is 5.87. The van der Waals surface area contributed by atoms with Crippen molar-refractivity contribution < 1.29 is 9.47 Å². The highest BCUT2D eigenvalue weighted by Crippen LogP contribution is 2.28. The fourth-order valence-corrected chi connectivity index (χ4v) is 1.21. The van der Waals surface area contributed by atoms with Gasteiger partial charge in [-0.2, -0.15) is 0 Å². The number of ether oxygens (including phenoxy) is 2. The van der Waals surface area contributed by atoms with Crippen LogP contribution in [-0.4, -0.2) is 24.9 Å². The van der Waals surface area contributed by atoms with Gasteiger partial charge in [0.15, 0.2) is 0 Å². The van der Waals surface area contributed by atoms with Crippen LogP contribution in [0.15, 0.2) is 0 Å². The highest BCUT2D eigenvalue weighted by atomic mass is 16.5. The van der Waals surface area contributed by atoms with Crippen molar-refractivity contribution >= 4 is 0 Å². The van der Waals surface area contributed by atoms with Crippen LogP contribution in [0, 0.1) is 11.3 Å². The fraction of sp³-hybridized carbons (Fsp3) is 1.00. The first-order valence-corrected chi connectivity index (χ1v) is 6.28. The molecule has 0 amide bonds. The zero-order chi connectivity index (χ0) is 13.0. The molecule has 0 radical (unpaired) electrons. The van der Waals surface area contributed by atoms with Gasteiger partial charge in [-0.15, -0.1) is 0 Å². The monoisotopic (exact) mass is 230 g/mol. The topological polar surface area (TPSA) is 18.5 Å². The first-order valence-electron chi connectivity index (χ1n) is 6.28. The summed E-state index contributed by atoms with van der Waals surface area (Å²) in [6, 6.07) is 0. The molecule has 0 spiro atoms. The Bertz CT molecular complexity index is 184. The molecule has 0 aromatic rings. The molecular formula is C14H30O2. The molecule has 0 aliphatic rings. The molecule has 0 saturated heterocycles. The van der Waals surface area contributed by atoms with Crippen LogP contribution in [0.25, 0.3) is 0 Å². The molecule has 2 nitrogen and oxygen atoms in total. The molecule has 1 atom stereocenters. The molecule has 16 heavy (non-hydrogen) atoms. The Balaban J connectivity index is 4.23. The maximum atomic E-state index is 5.87. The average Bonchev–Trinajstić information content (AvgIpc) is 1.98. The molecule has 0 aromatic carbocycles. The van der Waals surface area contributed by atoms with E-state index in [0.717, 1.165) is 13.2 Å². The summed E-state index contributed by atoms with van der Waals surface area (Å²) in [6.45, 7) is 18.7. The summed E-state index contributed by atoms with van der Waals surface area (Å²) in [5.41, 5.74) is 0.154. The van der Waals surface area contributed by atoms with E-state index in [9.17, 15) is 0 Å². The van der Waals surface area contributed by atoms with Crippen LogP contribution in [-0.2, 0) is 9.47 Å². The second-order valence-corrected chi connectivity index (χ2v) is 6.87. The van der Waals surface area contributed by atoms with Crippen molar-refractivity contribution in [2.45, 2.75) is 67.1 Å². The van der Waals surface area contributed by atoms with E-state index in [2.05, 4.69) is 55.4 Å². The van der Waals surface area contributed by atoms with Crippen LogP contribution in [0.2, 0.25) is 0 Å². The number of hydrogen-bond donors (Lipinski definition) is 0. The normalized spacial score (nSPS) is 15.6. The highest BCUT2D eigenvalue weighted by molar-refractivity contribution is 4.75. The molecule has 0 saturated carbocycles. The SMILES string of the molecule is CC(C)OCC(COC(C)(C)C)C(C)(C)C. The van der Waals surface area contributed by atoms with Crippen molar-refractivity contribution in [3.05, 3.63) is 0 Å². The second kappa shape index (κ2) is 6.02. The lowest BCUT2D eigenvalue weighted by Crippen LogP contribution is -2.34. The van der Waals surface area contributed by atoms with Gasteiger partial charge in [0.2, 0.25) is 0 Å². The third-order valence-electron chi connectivity index (χ3n) is 2.57. The highest BCUT2D eigenvalue weighted by Gasteiger charge is 2.27. The van der Waals surface area contributed by atoms with Gasteiger partial charge in [0.1, 0.15) is 0 Å². The first kappa shape index (κ1) is 15.9. The van der Waals surface area contributed by atoms with Gasteiger partial charge < -0.3 is 9.47 Å². The Hall–Kier alpha value is -0.0800. The maximum Gasteiger partial charge on any atom is 0.0598 e. The van der Waals surface area contributed by atoms with Crippen LogP contribution in [0.1, 0.15) is 55.4 Å². The average molecular weight is 230 g/mol. The van der Waals surface area contributed by atoms with Crippen LogP contribution < -0.4 is 0 Å². The van der Waals surface area contributed by atoms with E-state index in [4.69, 9.17) is 9.47 Å². The zero-order valence-electron chi connectivity index (χ0n) is 12.4. The van der Waals surface area contributed by atoms with Crippen molar-refractivity contribution in [3.8, 4) is 0 Å². The van der Waals surface area contributed by atoms with E-state index in [-0.39, 0.29) is 11.0 Å². The van der Waals surface area contributed by atoms with Crippen LogP contribution in [0.5, 0.6) is 0 Å². The van der Waals surface area contributed by atoms with E-state index in [0.29, 0.717) is 12.0 Å². The van der Waals surface area contributed by atoms with Crippen molar-refractivity contribution in [2.24, 2.45) is 11.3 Å². The standard InChI is InChI=1S/C14H30O2/c1-11(2)15-9-12(13(3,4)5)10-16-14(6,7)8/h11-12H,9-10H2,1-8H3. The Morgan fingerprint density at radius 1 is 0.875 bits per heavy atom. The third-order valence-corrected chi connectivity index (χ3v) is 2.57. The number of hydrogen-bond acceptors (Lipinski definition) is 2. The second-order valence-electron chi connectivity index (χ2n) is 6.87. The zero-order valence-corrected chi connectivity index (χ0v) is 12.4. The molecule has 0 rings (SSSR count). The van der Waals surface area contributed by atoms with E-state index in [1.54, 1.807) is 0 Å². The third kappa shape index (κ3) is 8.12. The summed E-state index contributed by atoms with van der Waals surface area (Å²) in [4.78, 5) is 0. The Morgan fingerprint density at radius 3 is 1.69 bits per heavy atom. The van der Waals surface area contributed by atoms with Gasteiger partial charge in [0.05, 0.1) is 24.9 Å². The quantitative estimate of drug-likeness (QED) is 0.713. The summed E-state index contributed by atoms with van der Waals surface area (Å²) >= 11 is 0. The summed E-state index contributed by atoms with van der Waals surface area (Å²) in [6.07, 6.45) is 0.291. The smallest absolute Gasteiger partial charge is 0.0598 e. The molecule has 0 bridgehead atoms. The lowest BCUT2D eigenvalue weighted by Gasteiger charge is -2.33. The Kier molecular flexibility index (Phi) is 5.99. The lowest BCUT2D eigenvalue weighted by atomic mass is 9.81. The molecule has 0 aliphatic carbocycles. The minimum atomic E-state index is -0.0681. The Labute approximate surface area is 102 Å². The van der Waals surface area contributed by atoms with Gasteiger partial charge in [0, 0.05) is 5.92 Å². The van der Waals surface area contributed by atoms with Crippen molar-refractivity contribution in [3.63, 3.8) is 0 Å². The summed E-state index contributed by atoms with van der Waals surface area (Å²) in [7, 11) is 0. The molecule has 0 N–H and O–H groups in total. The largest absolute Gasteiger partial charge is 0.378 e. The summed E-state index contributed by atoms with van der Waals surface area (Å²) in [5.74, 6) is 0.439. The van der Waals surface area contributed by atoms with Crippen LogP contribution in [0.4, 0.5) is 0 Å². The van der Waals surface area contributed by atoms with E-state index >= 15 is 0 Å². The fourth-order valence-electron chi connectivity index (χ4n) is 1.21. The van der Waals surface area contributed by atoms with Gasteiger partial charge >= 0.3 is 0 Å². The van der Waals surface area contributed by atoms with Crippen molar-refractivity contribution in [2.75, 3.05) is 13.2 Å². The molecule has 0 fully saturated rings. The van der Waals surface area contributed by atoms with E-state index in [1.807, 2.05) is 0 Å². The molecule has 2 heteroatoms. The Morgan fingerprint density at radius 2 is 1.38 bits per heavy atom. The van der Waals surface area contributed by atoms with E-state index in [1.165, 1.54) is 0 Å². The lowest BCUT2D eigenvalue weighted by molar-refractivity contribution is -0.0709. The molecular weight excluding hydrogens is 200 g/mol. The van der Waals surface area contributed by atoms with Gasteiger partial charge in [-0.25, -0.2) is 0 Å². The molecule has 0 heterocycles. The molecule has 0 aromatic heterocycles. The van der Waals surface area contributed by atoms with Crippen LogP contribution in [0.3, 0.4) is 0 Å². The minimum absolute atomic E-state index is 0.0681.